The summed E-state index contributed by atoms with van der Waals surface area (Å²) in [6, 6.07) is 8.30. The van der Waals surface area contributed by atoms with Crippen molar-refractivity contribution in [2.45, 2.75) is 0 Å². The molecule has 0 aliphatic rings. The Morgan fingerprint density at radius 3 is 1.81 bits per heavy atom. The average Bonchev–Trinajstić information content (AvgIpc) is 2.20. The van der Waals surface area contributed by atoms with Gasteiger partial charge in [0.1, 0.15) is 0 Å². The minimum Gasteiger partial charge on any atom is -0.870 e. The molecule has 5 nitrogen and oxygen atoms in total. The summed E-state index contributed by atoms with van der Waals surface area (Å²) < 4.78 is 0. The number of nitrogens with two attached hydrogens (primary N) is 1. The van der Waals surface area contributed by atoms with Crippen LogP contribution in [0.1, 0.15) is 10.4 Å². The topological polar surface area (TPSA) is 110 Å². The van der Waals surface area contributed by atoms with E-state index in [2.05, 4.69) is 12.3 Å². The van der Waals surface area contributed by atoms with Crippen LogP contribution in [-0.2, 0) is 4.79 Å². The van der Waals surface area contributed by atoms with Gasteiger partial charge >= 0.3 is 35.5 Å². The maximum absolute atomic E-state index is 10.2. The van der Waals surface area contributed by atoms with E-state index in [1.807, 2.05) is 0 Å². The average molecular weight is 233 g/mol. The maximum atomic E-state index is 10.2. The summed E-state index contributed by atoms with van der Waals surface area (Å²) in [5.41, 5.74) is 4.87. The van der Waals surface area contributed by atoms with E-state index >= 15 is 0 Å². The summed E-state index contributed by atoms with van der Waals surface area (Å²) in [5, 5.41) is 8.38. The molecule has 0 aromatic heterocycles. The standard InChI is InChI=1S/C7H6O2.C3H5NO.Na.H2O/c8-7(9)6-4-2-1-3-5-6;1-2-3(4)5;;/h1-5H,(H,8,9);2H,1H2,(H2,4,5);;1H2/q;;+1;/p-1. The van der Waals surface area contributed by atoms with Gasteiger partial charge in [0.05, 0.1) is 5.56 Å². The predicted molar refractivity (Wildman–Crippen MR) is 54.7 cm³/mol. The van der Waals surface area contributed by atoms with Crippen molar-refractivity contribution in [2.75, 3.05) is 0 Å². The third-order valence-corrected chi connectivity index (χ3v) is 1.22. The summed E-state index contributed by atoms with van der Waals surface area (Å²) in [4.78, 5) is 19.7. The van der Waals surface area contributed by atoms with Gasteiger partial charge in [-0.15, -0.1) is 0 Å². The van der Waals surface area contributed by atoms with Crippen molar-refractivity contribution in [1.82, 2.24) is 0 Å². The first-order valence-corrected chi connectivity index (χ1v) is 3.78. The third-order valence-electron chi connectivity index (χ3n) is 1.22. The molecule has 82 valence electrons. The van der Waals surface area contributed by atoms with Crippen LogP contribution < -0.4 is 35.3 Å². The van der Waals surface area contributed by atoms with E-state index in [1.54, 1.807) is 30.3 Å². The molecule has 0 unspecified atom stereocenters. The summed E-state index contributed by atoms with van der Waals surface area (Å²) >= 11 is 0. The summed E-state index contributed by atoms with van der Waals surface area (Å²) in [5.74, 6) is -1.36. The second kappa shape index (κ2) is 11.9. The van der Waals surface area contributed by atoms with Crippen LogP contribution >= 0.6 is 0 Å². The summed E-state index contributed by atoms with van der Waals surface area (Å²) in [7, 11) is 0. The molecule has 1 aromatic carbocycles. The first-order chi connectivity index (χ1) is 6.57. The monoisotopic (exact) mass is 233 g/mol. The fourth-order valence-electron chi connectivity index (χ4n) is 0.581. The van der Waals surface area contributed by atoms with Gasteiger partial charge in [0.25, 0.3) is 0 Å². The SMILES string of the molecule is C=CC(N)=O.O=C(O)c1ccccc1.[Na+].[OH-]. The van der Waals surface area contributed by atoms with Crippen LogP contribution in [0.4, 0.5) is 0 Å². The van der Waals surface area contributed by atoms with E-state index in [4.69, 9.17) is 5.11 Å². The number of primary amides is 1. The number of rotatable bonds is 2. The molecule has 0 saturated carbocycles. The van der Waals surface area contributed by atoms with Gasteiger partial charge in [0, 0.05) is 0 Å². The zero-order valence-corrected chi connectivity index (χ0v) is 11.0. The second-order valence-corrected chi connectivity index (χ2v) is 2.28. The van der Waals surface area contributed by atoms with Crippen molar-refractivity contribution in [3.63, 3.8) is 0 Å². The third kappa shape index (κ3) is 10.9. The van der Waals surface area contributed by atoms with Gasteiger partial charge in [-0.05, 0) is 18.2 Å². The van der Waals surface area contributed by atoms with Gasteiger partial charge in [-0.1, -0.05) is 24.8 Å². The molecule has 1 rings (SSSR count). The molecule has 4 N–H and O–H groups in total. The summed E-state index contributed by atoms with van der Waals surface area (Å²) in [6.45, 7) is 3.09. The van der Waals surface area contributed by atoms with Gasteiger partial charge in [-0.25, -0.2) is 4.79 Å². The molecule has 0 atom stereocenters. The Hall–Kier alpha value is -1.14. The zero-order chi connectivity index (χ0) is 11.0. The van der Waals surface area contributed by atoms with E-state index < -0.39 is 11.9 Å². The number of carbonyl (C=O) groups excluding carboxylic acids is 1. The predicted octanol–water partition coefficient (Wildman–Crippen LogP) is -2.13. The number of benzene rings is 1. The molecule has 0 radical (unpaired) electrons. The number of carboxylic acid groups (broad SMARTS) is 1. The quantitative estimate of drug-likeness (QED) is 0.449. The molecule has 0 bridgehead atoms. The Morgan fingerprint density at radius 2 is 1.62 bits per heavy atom. The number of amides is 1. The number of aromatic carboxylic acids is 1. The number of carbonyl (C=O) groups is 2. The fourth-order valence-corrected chi connectivity index (χ4v) is 0.581. The molecule has 0 fully saturated rings. The van der Waals surface area contributed by atoms with Crippen molar-refractivity contribution >= 4 is 11.9 Å². The Balaban J connectivity index is -0.000000214. The molecule has 0 heterocycles. The number of carboxylic acids is 1. The van der Waals surface area contributed by atoms with Crippen molar-refractivity contribution in [1.29, 1.82) is 0 Å². The van der Waals surface area contributed by atoms with Crippen molar-refractivity contribution in [3.05, 3.63) is 48.6 Å². The maximum Gasteiger partial charge on any atom is 1.00 e. The van der Waals surface area contributed by atoms with E-state index in [0.717, 1.165) is 6.08 Å². The molecule has 16 heavy (non-hydrogen) atoms. The Bertz CT molecular complexity index is 327. The zero-order valence-electron chi connectivity index (χ0n) is 8.96. The first kappa shape index (κ1) is 20.3. The Labute approximate surface area is 116 Å². The molecule has 1 amide bonds. The molecule has 0 aliphatic heterocycles. The Morgan fingerprint density at radius 1 is 1.25 bits per heavy atom. The van der Waals surface area contributed by atoms with E-state index in [0.29, 0.717) is 5.56 Å². The number of hydrogen-bond acceptors (Lipinski definition) is 3. The van der Waals surface area contributed by atoms with Crippen LogP contribution in [0.25, 0.3) is 0 Å². The van der Waals surface area contributed by atoms with Crippen LogP contribution in [0.5, 0.6) is 0 Å². The molecular weight excluding hydrogens is 221 g/mol. The number of hydrogen-bond donors (Lipinski definition) is 2. The largest absolute Gasteiger partial charge is 1.00 e. The molecule has 0 spiro atoms. The van der Waals surface area contributed by atoms with Gasteiger partial charge in [-0.3, -0.25) is 4.79 Å². The van der Waals surface area contributed by atoms with Crippen LogP contribution in [0.15, 0.2) is 43.0 Å². The van der Waals surface area contributed by atoms with Crippen LogP contribution in [0.3, 0.4) is 0 Å². The van der Waals surface area contributed by atoms with Gasteiger partial charge in [0.2, 0.25) is 5.91 Å². The van der Waals surface area contributed by atoms with Gasteiger partial charge < -0.3 is 16.3 Å². The smallest absolute Gasteiger partial charge is 0.870 e. The van der Waals surface area contributed by atoms with Crippen molar-refractivity contribution < 1.29 is 49.7 Å². The molecule has 0 saturated heterocycles. The van der Waals surface area contributed by atoms with Crippen LogP contribution in [0.2, 0.25) is 0 Å². The first-order valence-electron chi connectivity index (χ1n) is 3.78. The van der Waals surface area contributed by atoms with Crippen molar-refractivity contribution in [2.24, 2.45) is 5.73 Å². The van der Waals surface area contributed by atoms with Gasteiger partial charge in [0.15, 0.2) is 0 Å². The normalized spacial score (nSPS) is 7.00. The van der Waals surface area contributed by atoms with E-state index in [9.17, 15) is 9.59 Å². The molecular formula is C10H12NNaO4. The minimum absolute atomic E-state index is 0. The Kier molecular flexibility index (Phi) is 15.1. The summed E-state index contributed by atoms with van der Waals surface area (Å²) in [6.07, 6.45) is 1.06. The molecule has 6 heteroatoms. The van der Waals surface area contributed by atoms with E-state index in [1.165, 1.54) is 0 Å². The van der Waals surface area contributed by atoms with Gasteiger partial charge in [-0.2, -0.15) is 0 Å². The van der Waals surface area contributed by atoms with Crippen LogP contribution in [-0.4, -0.2) is 22.5 Å². The van der Waals surface area contributed by atoms with E-state index in [-0.39, 0.29) is 35.0 Å². The minimum atomic E-state index is -0.879. The van der Waals surface area contributed by atoms with Crippen LogP contribution in [0, 0.1) is 0 Å². The molecule has 1 aromatic rings. The van der Waals surface area contributed by atoms with Crippen molar-refractivity contribution in [3.8, 4) is 0 Å². The molecule has 0 aliphatic carbocycles. The fraction of sp³-hybridized carbons (Fsp3) is 0. The second-order valence-electron chi connectivity index (χ2n) is 2.28.